The van der Waals surface area contributed by atoms with E-state index in [0.29, 0.717) is 18.8 Å². The van der Waals surface area contributed by atoms with E-state index in [9.17, 15) is 13.6 Å². The fraction of sp³-hybridized carbons (Fsp3) is 0.417. The number of nitrogens with two attached hydrogens (primary N) is 1. The van der Waals surface area contributed by atoms with E-state index in [0.717, 1.165) is 18.7 Å². The number of hydrogen-bond donors (Lipinski definition) is 2. The van der Waals surface area contributed by atoms with Gasteiger partial charge in [-0.1, -0.05) is 0 Å². The van der Waals surface area contributed by atoms with Crippen molar-refractivity contribution in [2.45, 2.75) is 13.0 Å². The molecule has 18 heavy (non-hydrogen) atoms. The highest BCUT2D eigenvalue weighted by molar-refractivity contribution is 5.93. The Morgan fingerprint density at radius 1 is 1.44 bits per heavy atom. The molecule has 0 spiro atoms. The smallest absolute Gasteiger partial charge is 0.254 e. The van der Waals surface area contributed by atoms with Gasteiger partial charge in [0.15, 0.2) is 0 Å². The molecule has 0 saturated carbocycles. The largest absolute Gasteiger partial charge is 0.369 e. The molecule has 98 valence electrons. The summed E-state index contributed by atoms with van der Waals surface area (Å²) in [6.07, 6.45) is 0. The van der Waals surface area contributed by atoms with E-state index in [2.05, 4.69) is 5.32 Å². The monoisotopic (exact) mass is 255 g/mol. The summed E-state index contributed by atoms with van der Waals surface area (Å²) in [6.45, 7) is 4.08. The molecule has 1 aromatic carbocycles. The first-order chi connectivity index (χ1) is 8.49. The Hall–Kier alpha value is -1.69. The Balaban J connectivity index is 2.32. The second-order valence-corrected chi connectivity index (χ2v) is 4.45. The van der Waals surface area contributed by atoms with E-state index in [1.54, 1.807) is 0 Å². The van der Waals surface area contributed by atoms with Gasteiger partial charge in [-0.2, -0.15) is 0 Å². The molecule has 1 saturated heterocycles. The van der Waals surface area contributed by atoms with Crippen molar-refractivity contribution >= 4 is 11.6 Å². The van der Waals surface area contributed by atoms with E-state index >= 15 is 0 Å². The van der Waals surface area contributed by atoms with Gasteiger partial charge < -0.3 is 16.0 Å². The van der Waals surface area contributed by atoms with Gasteiger partial charge in [0.2, 0.25) is 0 Å². The van der Waals surface area contributed by atoms with Crippen molar-refractivity contribution in [3.05, 3.63) is 29.3 Å². The van der Waals surface area contributed by atoms with Crippen molar-refractivity contribution in [3.63, 3.8) is 0 Å². The lowest BCUT2D eigenvalue weighted by Gasteiger charge is -2.33. The highest BCUT2D eigenvalue weighted by atomic mass is 19.1. The van der Waals surface area contributed by atoms with Crippen LogP contribution >= 0.6 is 0 Å². The average Bonchev–Trinajstić information content (AvgIpc) is 2.27. The number of rotatable bonds is 2. The first-order valence-corrected chi connectivity index (χ1v) is 5.76. The predicted molar refractivity (Wildman–Crippen MR) is 64.6 cm³/mol. The number of hydrogen-bond acceptors (Lipinski definition) is 3. The standard InChI is InChI=1S/C12H15F2N3O/c1-7-6-17(3-2-16-7)8-4-9(13)11(12(15)18)10(14)5-8/h4-5,7,16H,2-3,6H2,1H3,(H2,15,18)/t7-/m1/s1. The van der Waals surface area contributed by atoms with Crippen molar-refractivity contribution in [2.75, 3.05) is 24.5 Å². The summed E-state index contributed by atoms with van der Waals surface area (Å²) >= 11 is 0. The number of amides is 1. The van der Waals surface area contributed by atoms with Crippen LogP contribution in [0.1, 0.15) is 17.3 Å². The number of benzene rings is 1. The van der Waals surface area contributed by atoms with Crippen LogP contribution in [0.2, 0.25) is 0 Å². The highest BCUT2D eigenvalue weighted by Gasteiger charge is 2.21. The van der Waals surface area contributed by atoms with Crippen LogP contribution < -0.4 is 16.0 Å². The van der Waals surface area contributed by atoms with E-state index in [1.165, 1.54) is 0 Å². The molecule has 2 rings (SSSR count). The molecule has 1 atom stereocenters. The molecular weight excluding hydrogens is 240 g/mol. The molecule has 1 aliphatic rings. The van der Waals surface area contributed by atoms with Crippen molar-refractivity contribution in [3.8, 4) is 0 Å². The van der Waals surface area contributed by atoms with E-state index in [4.69, 9.17) is 5.73 Å². The zero-order valence-corrected chi connectivity index (χ0v) is 10.0. The van der Waals surface area contributed by atoms with Crippen molar-refractivity contribution in [1.82, 2.24) is 5.32 Å². The number of carbonyl (C=O) groups excluding carboxylic acids is 1. The summed E-state index contributed by atoms with van der Waals surface area (Å²) in [5.41, 5.74) is 4.68. The van der Waals surface area contributed by atoms with E-state index < -0.39 is 23.1 Å². The SMILES string of the molecule is C[C@@H]1CN(c2cc(F)c(C(N)=O)c(F)c2)CCN1. The lowest BCUT2D eigenvalue weighted by molar-refractivity contribution is 0.0992. The van der Waals surface area contributed by atoms with Gasteiger partial charge in [0.05, 0.1) is 0 Å². The van der Waals surface area contributed by atoms with Crippen LogP contribution in [0.15, 0.2) is 12.1 Å². The molecule has 1 aliphatic heterocycles. The Bertz CT molecular complexity index is 455. The summed E-state index contributed by atoms with van der Waals surface area (Å²) in [7, 11) is 0. The van der Waals surface area contributed by atoms with Gasteiger partial charge >= 0.3 is 0 Å². The summed E-state index contributed by atoms with van der Waals surface area (Å²) in [5.74, 6) is -2.92. The van der Waals surface area contributed by atoms with E-state index in [1.807, 2.05) is 11.8 Å². The number of halogens is 2. The first-order valence-electron chi connectivity index (χ1n) is 5.76. The lowest BCUT2D eigenvalue weighted by atomic mass is 10.1. The van der Waals surface area contributed by atoms with Crippen molar-refractivity contribution < 1.29 is 13.6 Å². The van der Waals surface area contributed by atoms with Crippen LogP contribution in [0.4, 0.5) is 14.5 Å². The molecule has 1 heterocycles. The van der Waals surface area contributed by atoms with Crippen LogP contribution in [0, 0.1) is 11.6 Å². The third-order valence-corrected chi connectivity index (χ3v) is 3.01. The highest BCUT2D eigenvalue weighted by Crippen LogP contribution is 2.22. The minimum absolute atomic E-state index is 0.251. The number of primary amides is 1. The zero-order valence-electron chi connectivity index (χ0n) is 10.0. The predicted octanol–water partition coefficient (Wildman–Crippen LogP) is 0.862. The third kappa shape index (κ3) is 2.43. The first kappa shape index (κ1) is 12.8. The number of carbonyl (C=O) groups is 1. The van der Waals surface area contributed by atoms with Crippen LogP contribution in [-0.2, 0) is 0 Å². The quantitative estimate of drug-likeness (QED) is 0.824. The summed E-state index contributed by atoms with van der Waals surface area (Å²) in [6, 6.07) is 2.56. The fourth-order valence-electron chi connectivity index (χ4n) is 2.14. The molecule has 0 unspecified atom stereocenters. The second kappa shape index (κ2) is 4.89. The zero-order chi connectivity index (χ0) is 13.3. The molecule has 1 amide bonds. The van der Waals surface area contributed by atoms with Crippen LogP contribution in [0.5, 0.6) is 0 Å². The molecule has 0 radical (unpaired) electrons. The van der Waals surface area contributed by atoms with E-state index in [-0.39, 0.29) is 6.04 Å². The summed E-state index contributed by atoms with van der Waals surface area (Å²) in [4.78, 5) is 12.8. The van der Waals surface area contributed by atoms with Crippen LogP contribution in [0.25, 0.3) is 0 Å². The van der Waals surface area contributed by atoms with Gasteiger partial charge in [0.1, 0.15) is 17.2 Å². The molecule has 1 fully saturated rings. The molecule has 1 aromatic rings. The van der Waals surface area contributed by atoms with Crippen LogP contribution in [0.3, 0.4) is 0 Å². The maximum atomic E-state index is 13.6. The lowest BCUT2D eigenvalue weighted by Crippen LogP contribution is -2.49. The maximum absolute atomic E-state index is 13.6. The van der Waals surface area contributed by atoms with Gasteiger partial charge in [0, 0.05) is 31.4 Å². The third-order valence-electron chi connectivity index (χ3n) is 3.01. The molecule has 0 aromatic heterocycles. The average molecular weight is 255 g/mol. The maximum Gasteiger partial charge on any atom is 0.254 e. The molecular formula is C12H15F2N3O. The van der Waals surface area contributed by atoms with Gasteiger partial charge in [-0.15, -0.1) is 0 Å². The fourth-order valence-corrected chi connectivity index (χ4v) is 2.14. The van der Waals surface area contributed by atoms with Crippen molar-refractivity contribution in [2.24, 2.45) is 5.73 Å². The van der Waals surface area contributed by atoms with Gasteiger partial charge in [-0.05, 0) is 19.1 Å². The number of nitrogens with one attached hydrogen (secondary N) is 1. The van der Waals surface area contributed by atoms with Gasteiger partial charge in [-0.3, -0.25) is 4.79 Å². The normalized spacial score (nSPS) is 19.9. The minimum atomic E-state index is -1.09. The topological polar surface area (TPSA) is 58.4 Å². The second-order valence-electron chi connectivity index (χ2n) is 4.45. The number of piperazine rings is 1. The Morgan fingerprint density at radius 3 is 2.56 bits per heavy atom. The van der Waals surface area contributed by atoms with Crippen LogP contribution in [-0.4, -0.2) is 31.6 Å². The van der Waals surface area contributed by atoms with Crippen molar-refractivity contribution in [1.29, 1.82) is 0 Å². The van der Waals surface area contributed by atoms with Gasteiger partial charge in [-0.25, -0.2) is 8.78 Å². The molecule has 4 nitrogen and oxygen atoms in total. The molecule has 0 aliphatic carbocycles. The Kier molecular flexibility index (Phi) is 3.47. The minimum Gasteiger partial charge on any atom is -0.369 e. The Morgan fingerprint density at radius 2 is 2.06 bits per heavy atom. The molecule has 3 N–H and O–H groups in total. The van der Waals surface area contributed by atoms with Gasteiger partial charge in [0.25, 0.3) is 5.91 Å². The molecule has 6 heteroatoms. The summed E-state index contributed by atoms with van der Waals surface area (Å²) in [5, 5.41) is 3.24. The number of anilines is 1. The molecule has 0 bridgehead atoms. The Labute approximate surface area is 104 Å². The summed E-state index contributed by atoms with van der Waals surface area (Å²) < 4.78 is 27.3. The number of nitrogens with zero attached hydrogens (tertiary/aromatic N) is 1.